The van der Waals surface area contributed by atoms with Gasteiger partial charge in [-0.25, -0.2) is 4.98 Å². The Hall–Kier alpha value is -2.14. The molecule has 3 rings (SSSR count). The first kappa shape index (κ1) is 15.7. The summed E-state index contributed by atoms with van der Waals surface area (Å²) in [7, 11) is 0. The van der Waals surface area contributed by atoms with E-state index in [9.17, 15) is 9.59 Å². The number of nitrogens with one attached hydrogen (secondary N) is 1. The minimum atomic E-state index is -0.291. The normalized spacial score (nSPS) is 13.5. The molecule has 0 unspecified atom stereocenters. The van der Waals surface area contributed by atoms with Gasteiger partial charge in [0.25, 0.3) is 5.56 Å². The molecule has 1 heterocycles. The fourth-order valence-corrected chi connectivity index (χ4v) is 3.07. The van der Waals surface area contributed by atoms with E-state index in [0.29, 0.717) is 16.5 Å². The van der Waals surface area contributed by atoms with Gasteiger partial charge in [0.15, 0.2) is 0 Å². The molecular weight excluding hydrogens is 314 g/mol. The van der Waals surface area contributed by atoms with E-state index in [2.05, 4.69) is 10.3 Å². The molecule has 0 saturated carbocycles. The zero-order valence-electron chi connectivity index (χ0n) is 12.9. The van der Waals surface area contributed by atoms with Gasteiger partial charge in [-0.1, -0.05) is 23.7 Å². The minimum absolute atomic E-state index is 0.0594. The molecule has 0 atom stereocenters. The van der Waals surface area contributed by atoms with E-state index in [4.69, 9.17) is 11.6 Å². The maximum absolute atomic E-state index is 12.6. The Kier molecular flexibility index (Phi) is 4.48. The molecule has 0 spiro atoms. The molecule has 120 valence electrons. The molecule has 2 aromatic rings. The van der Waals surface area contributed by atoms with E-state index in [1.807, 2.05) is 0 Å². The molecule has 1 aromatic carbocycles. The monoisotopic (exact) mass is 331 g/mol. The van der Waals surface area contributed by atoms with Crippen LogP contribution in [-0.4, -0.2) is 15.5 Å². The number of fused-ring (bicyclic) bond motifs is 1. The van der Waals surface area contributed by atoms with Crippen molar-refractivity contribution in [2.24, 2.45) is 0 Å². The maximum atomic E-state index is 12.6. The maximum Gasteiger partial charge on any atom is 0.257 e. The number of hydrogen-bond donors (Lipinski definition) is 1. The number of hydrogen-bond acceptors (Lipinski definition) is 3. The van der Waals surface area contributed by atoms with Crippen LogP contribution >= 0.6 is 11.6 Å². The molecule has 0 radical (unpaired) electrons. The van der Waals surface area contributed by atoms with E-state index in [1.54, 1.807) is 31.2 Å². The van der Waals surface area contributed by atoms with Crippen LogP contribution in [0, 0.1) is 6.92 Å². The number of aromatic nitrogens is 2. The number of nitrogens with zero attached hydrogens (tertiary/aromatic N) is 2. The molecule has 23 heavy (non-hydrogen) atoms. The first-order valence-electron chi connectivity index (χ1n) is 7.70. The fraction of sp³-hybridized carbons (Fsp3) is 0.353. The van der Waals surface area contributed by atoms with Gasteiger partial charge in [-0.15, -0.1) is 0 Å². The summed E-state index contributed by atoms with van der Waals surface area (Å²) in [6.45, 7) is 1.70. The lowest BCUT2D eigenvalue weighted by molar-refractivity contribution is -0.116. The summed E-state index contributed by atoms with van der Waals surface area (Å²) < 4.78 is 1.44. The lowest BCUT2D eigenvalue weighted by atomic mass is 9.97. The summed E-state index contributed by atoms with van der Waals surface area (Å²) in [5.74, 6) is 0.283. The van der Waals surface area contributed by atoms with Crippen molar-refractivity contribution in [3.05, 3.63) is 56.7 Å². The van der Waals surface area contributed by atoms with Crippen LogP contribution in [0.4, 0.5) is 5.69 Å². The van der Waals surface area contributed by atoms with Gasteiger partial charge in [0.05, 0.1) is 16.4 Å². The molecule has 1 aliphatic rings. The molecule has 0 aliphatic heterocycles. The number of carbonyl (C=O) groups excluding carboxylic acids is 1. The van der Waals surface area contributed by atoms with Crippen molar-refractivity contribution in [3.63, 3.8) is 0 Å². The van der Waals surface area contributed by atoms with Crippen LogP contribution in [0.3, 0.4) is 0 Å². The van der Waals surface area contributed by atoms with Gasteiger partial charge in [-0.3, -0.25) is 14.2 Å². The fourth-order valence-electron chi connectivity index (χ4n) is 2.89. The van der Waals surface area contributed by atoms with Crippen LogP contribution in [0.5, 0.6) is 0 Å². The van der Waals surface area contributed by atoms with Gasteiger partial charge in [0, 0.05) is 5.56 Å². The van der Waals surface area contributed by atoms with Gasteiger partial charge < -0.3 is 5.32 Å². The van der Waals surface area contributed by atoms with Crippen molar-refractivity contribution in [1.29, 1.82) is 0 Å². The van der Waals surface area contributed by atoms with Crippen molar-refractivity contribution >= 4 is 23.2 Å². The largest absolute Gasteiger partial charge is 0.323 e. The predicted octanol–water partition coefficient (Wildman–Crippen LogP) is 2.72. The highest BCUT2D eigenvalue weighted by Gasteiger charge is 2.19. The standard InChI is InChI=1S/C17H18ClN3O2/c1-11-19-14-8-4-2-6-12(14)17(23)21(11)10-16(22)20-15-9-5-3-7-13(15)18/h3,5,7,9H,2,4,6,8,10H2,1H3,(H,20,22). The molecule has 1 N–H and O–H groups in total. The summed E-state index contributed by atoms with van der Waals surface area (Å²) in [6.07, 6.45) is 3.65. The van der Waals surface area contributed by atoms with Gasteiger partial charge in [0.1, 0.15) is 12.4 Å². The SMILES string of the molecule is Cc1nc2c(c(=O)n1CC(=O)Nc1ccccc1Cl)CCCC2. The average Bonchev–Trinajstić information content (AvgIpc) is 2.54. The van der Waals surface area contributed by atoms with Gasteiger partial charge >= 0.3 is 0 Å². The summed E-state index contributed by atoms with van der Waals surface area (Å²) in [5.41, 5.74) is 2.09. The van der Waals surface area contributed by atoms with Crippen molar-refractivity contribution < 1.29 is 4.79 Å². The third kappa shape index (κ3) is 3.29. The number of anilines is 1. The summed E-state index contributed by atoms with van der Waals surface area (Å²) in [5, 5.41) is 3.20. The van der Waals surface area contributed by atoms with Crippen LogP contribution in [0.25, 0.3) is 0 Å². The Bertz CT molecular complexity index is 814. The second-order valence-corrected chi connectivity index (χ2v) is 6.12. The van der Waals surface area contributed by atoms with Crippen molar-refractivity contribution in [2.45, 2.75) is 39.2 Å². The third-order valence-corrected chi connectivity index (χ3v) is 4.41. The van der Waals surface area contributed by atoms with Crippen LogP contribution in [0.15, 0.2) is 29.1 Å². The van der Waals surface area contributed by atoms with Crippen LogP contribution in [0.1, 0.15) is 29.9 Å². The third-order valence-electron chi connectivity index (χ3n) is 4.08. The average molecular weight is 332 g/mol. The molecule has 6 heteroatoms. The Balaban J connectivity index is 1.84. The van der Waals surface area contributed by atoms with Gasteiger partial charge in [0.2, 0.25) is 5.91 Å². The van der Waals surface area contributed by atoms with E-state index < -0.39 is 0 Å². The summed E-state index contributed by atoms with van der Waals surface area (Å²) in [6, 6.07) is 7.01. The first-order valence-corrected chi connectivity index (χ1v) is 8.07. The molecule has 5 nitrogen and oxygen atoms in total. The predicted molar refractivity (Wildman–Crippen MR) is 90.0 cm³/mol. The number of amides is 1. The highest BCUT2D eigenvalue weighted by molar-refractivity contribution is 6.33. The van der Waals surface area contributed by atoms with Crippen molar-refractivity contribution in [1.82, 2.24) is 9.55 Å². The summed E-state index contributed by atoms with van der Waals surface area (Å²) in [4.78, 5) is 29.4. The highest BCUT2D eigenvalue weighted by atomic mass is 35.5. The van der Waals surface area contributed by atoms with Gasteiger partial charge in [-0.2, -0.15) is 0 Å². The van der Waals surface area contributed by atoms with Gasteiger partial charge in [-0.05, 0) is 44.7 Å². The first-order chi connectivity index (χ1) is 11.1. The lowest BCUT2D eigenvalue weighted by Gasteiger charge is -2.18. The highest BCUT2D eigenvalue weighted by Crippen LogP contribution is 2.20. The van der Waals surface area contributed by atoms with E-state index in [-0.39, 0.29) is 18.0 Å². The summed E-state index contributed by atoms with van der Waals surface area (Å²) >= 11 is 6.03. The quantitative estimate of drug-likeness (QED) is 0.940. The van der Waals surface area contributed by atoms with Crippen LogP contribution < -0.4 is 10.9 Å². The number of carbonyl (C=O) groups is 1. The van der Waals surface area contributed by atoms with Crippen LogP contribution in [-0.2, 0) is 24.2 Å². The smallest absolute Gasteiger partial charge is 0.257 e. The second kappa shape index (κ2) is 6.54. The topological polar surface area (TPSA) is 64.0 Å². The number of para-hydroxylation sites is 1. The molecular formula is C17H18ClN3O2. The van der Waals surface area contributed by atoms with E-state index >= 15 is 0 Å². The lowest BCUT2D eigenvalue weighted by Crippen LogP contribution is -2.34. The zero-order valence-corrected chi connectivity index (χ0v) is 13.7. The number of benzene rings is 1. The van der Waals surface area contributed by atoms with Crippen LogP contribution in [0.2, 0.25) is 5.02 Å². The number of halogens is 1. The van der Waals surface area contributed by atoms with E-state index in [0.717, 1.165) is 36.9 Å². The molecule has 1 amide bonds. The number of aryl methyl sites for hydroxylation is 2. The number of rotatable bonds is 3. The Labute approximate surface area is 139 Å². The second-order valence-electron chi connectivity index (χ2n) is 5.71. The van der Waals surface area contributed by atoms with Crippen molar-refractivity contribution in [2.75, 3.05) is 5.32 Å². The van der Waals surface area contributed by atoms with E-state index in [1.165, 1.54) is 4.57 Å². The zero-order chi connectivity index (χ0) is 16.4. The Morgan fingerprint density at radius 3 is 2.83 bits per heavy atom. The molecule has 1 aliphatic carbocycles. The minimum Gasteiger partial charge on any atom is -0.323 e. The Morgan fingerprint density at radius 2 is 2.04 bits per heavy atom. The molecule has 0 saturated heterocycles. The Morgan fingerprint density at radius 1 is 1.30 bits per heavy atom. The van der Waals surface area contributed by atoms with Crippen molar-refractivity contribution in [3.8, 4) is 0 Å². The molecule has 0 bridgehead atoms. The molecule has 1 aromatic heterocycles. The molecule has 0 fully saturated rings.